The van der Waals surface area contributed by atoms with Gasteiger partial charge in [0.25, 0.3) is 0 Å². The molecule has 1 N–H and O–H groups in total. The fourth-order valence-electron chi connectivity index (χ4n) is 2.57. The quantitative estimate of drug-likeness (QED) is 0.930. The Morgan fingerprint density at radius 1 is 1.30 bits per heavy atom. The standard InChI is InChI=1S/C16H20N2O2/c1-5-15-11(3)17-18(12(15)4)9-14-7-6-13(16(19)20)8-10(14)2/h6-8H,5,9H2,1-4H3,(H,19,20). The Labute approximate surface area is 119 Å². The van der Waals surface area contributed by atoms with Crippen LogP contribution in [0.2, 0.25) is 0 Å². The summed E-state index contributed by atoms with van der Waals surface area (Å²) in [5.41, 5.74) is 5.97. The second kappa shape index (κ2) is 5.49. The van der Waals surface area contributed by atoms with Crippen LogP contribution in [0.15, 0.2) is 18.2 Å². The summed E-state index contributed by atoms with van der Waals surface area (Å²) in [6.07, 6.45) is 0.981. The number of nitrogens with zero attached hydrogens (tertiary/aromatic N) is 2. The van der Waals surface area contributed by atoms with Gasteiger partial charge in [0.15, 0.2) is 0 Å². The van der Waals surface area contributed by atoms with Crippen molar-refractivity contribution in [3.8, 4) is 0 Å². The molecule has 2 aromatic rings. The van der Waals surface area contributed by atoms with Crippen LogP contribution < -0.4 is 0 Å². The molecule has 0 unspecified atom stereocenters. The molecular weight excluding hydrogens is 252 g/mol. The molecule has 4 heteroatoms. The lowest BCUT2D eigenvalue weighted by Gasteiger charge is -2.09. The van der Waals surface area contributed by atoms with Gasteiger partial charge in [-0.05, 0) is 56.0 Å². The molecule has 0 atom stereocenters. The van der Waals surface area contributed by atoms with Gasteiger partial charge >= 0.3 is 5.97 Å². The van der Waals surface area contributed by atoms with Crippen molar-refractivity contribution in [3.63, 3.8) is 0 Å². The van der Waals surface area contributed by atoms with Gasteiger partial charge in [-0.2, -0.15) is 5.10 Å². The summed E-state index contributed by atoms with van der Waals surface area (Å²) in [6, 6.07) is 5.24. The van der Waals surface area contributed by atoms with E-state index in [1.54, 1.807) is 12.1 Å². The van der Waals surface area contributed by atoms with Crippen molar-refractivity contribution in [2.75, 3.05) is 0 Å². The van der Waals surface area contributed by atoms with Gasteiger partial charge in [-0.25, -0.2) is 4.79 Å². The summed E-state index contributed by atoms with van der Waals surface area (Å²) in [5.74, 6) is -0.890. The molecular formula is C16H20N2O2. The molecule has 0 aliphatic heterocycles. The van der Waals surface area contributed by atoms with E-state index in [9.17, 15) is 4.79 Å². The molecule has 0 spiro atoms. The molecule has 4 nitrogen and oxygen atoms in total. The summed E-state index contributed by atoms with van der Waals surface area (Å²) in [7, 11) is 0. The van der Waals surface area contributed by atoms with Gasteiger partial charge in [-0.3, -0.25) is 4.68 Å². The highest BCUT2D eigenvalue weighted by molar-refractivity contribution is 5.87. The Balaban J connectivity index is 2.33. The molecule has 0 aliphatic carbocycles. The molecule has 0 saturated heterocycles. The van der Waals surface area contributed by atoms with Gasteiger partial charge in [-0.1, -0.05) is 13.0 Å². The molecule has 0 radical (unpaired) electrons. The number of carboxylic acid groups (broad SMARTS) is 1. The zero-order valence-corrected chi connectivity index (χ0v) is 12.4. The number of aromatic carboxylic acids is 1. The summed E-state index contributed by atoms with van der Waals surface area (Å²) in [5, 5.41) is 13.6. The Hall–Kier alpha value is -2.10. The molecule has 1 aromatic carbocycles. The third kappa shape index (κ3) is 2.59. The highest BCUT2D eigenvalue weighted by Gasteiger charge is 2.11. The molecule has 0 fully saturated rings. The lowest BCUT2D eigenvalue weighted by Crippen LogP contribution is -2.07. The van der Waals surface area contributed by atoms with E-state index in [0.29, 0.717) is 12.1 Å². The Kier molecular flexibility index (Phi) is 3.93. The van der Waals surface area contributed by atoms with Gasteiger partial charge in [0.05, 0.1) is 17.8 Å². The number of aryl methyl sites for hydroxylation is 2. The second-order valence-electron chi connectivity index (χ2n) is 5.11. The van der Waals surface area contributed by atoms with E-state index < -0.39 is 5.97 Å². The predicted octanol–water partition coefficient (Wildman–Crippen LogP) is 3.12. The maximum absolute atomic E-state index is 10.9. The van der Waals surface area contributed by atoms with Gasteiger partial charge in [0, 0.05) is 5.69 Å². The SMILES string of the molecule is CCc1c(C)nn(Cc2ccc(C(=O)O)cc2C)c1C. The third-order valence-electron chi connectivity index (χ3n) is 3.79. The second-order valence-corrected chi connectivity index (χ2v) is 5.11. The average molecular weight is 272 g/mol. The van der Waals surface area contributed by atoms with Crippen molar-refractivity contribution >= 4 is 5.97 Å². The molecule has 0 aliphatic rings. The average Bonchev–Trinajstić information content (AvgIpc) is 2.66. The van der Waals surface area contributed by atoms with Crippen molar-refractivity contribution in [1.29, 1.82) is 0 Å². The third-order valence-corrected chi connectivity index (χ3v) is 3.79. The van der Waals surface area contributed by atoms with Crippen LogP contribution in [0.1, 0.15) is 45.4 Å². The molecule has 0 saturated carbocycles. The van der Waals surface area contributed by atoms with Crippen LogP contribution in [0, 0.1) is 20.8 Å². The normalized spacial score (nSPS) is 10.8. The number of benzene rings is 1. The van der Waals surface area contributed by atoms with Crippen LogP contribution >= 0.6 is 0 Å². The van der Waals surface area contributed by atoms with E-state index >= 15 is 0 Å². The molecule has 106 valence electrons. The lowest BCUT2D eigenvalue weighted by molar-refractivity contribution is 0.0697. The van der Waals surface area contributed by atoms with Crippen molar-refractivity contribution in [1.82, 2.24) is 9.78 Å². The zero-order valence-electron chi connectivity index (χ0n) is 12.4. The largest absolute Gasteiger partial charge is 0.478 e. The van der Waals surface area contributed by atoms with E-state index in [4.69, 9.17) is 5.11 Å². The first kappa shape index (κ1) is 14.3. The minimum atomic E-state index is -0.890. The number of hydrogen-bond acceptors (Lipinski definition) is 2. The maximum atomic E-state index is 10.9. The zero-order chi connectivity index (χ0) is 14.9. The Morgan fingerprint density at radius 3 is 2.50 bits per heavy atom. The van der Waals surface area contributed by atoms with E-state index in [1.807, 2.05) is 24.6 Å². The molecule has 0 amide bonds. The lowest BCUT2D eigenvalue weighted by atomic mass is 10.0. The van der Waals surface area contributed by atoms with E-state index in [0.717, 1.165) is 23.2 Å². The Morgan fingerprint density at radius 2 is 2.00 bits per heavy atom. The Bertz CT molecular complexity index is 657. The molecule has 20 heavy (non-hydrogen) atoms. The highest BCUT2D eigenvalue weighted by Crippen LogP contribution is 2.17. The molecule has 1 heterocycles. The topological polar surface area (TPSA) is 55.1 Å². The first-order valence-electron chi connectivity index (χ1n) is 6.79. The van der Waals surface area contributed by atoms with Gasteiger partial charge < -0.3 is 5.11 Å². The first-order chi connectivity index (χ1) is 9.43. The minimum Gasteiger partial charge on any atom is -0.478 e. The highest BCUT2D eigenvalue weighted by atomic mass is 16.4. The molecule has 2 rings (SSSR count). The van der Waals surface area contributed by atoms with Gasteiger partial charge in [-0.15, -0.1) is 0 Å². The fourth-order valence-corrected chi connectivity index (χ4v) is 2.57. The summed E-state index contributed by atoms with van der Waals surface area (Å²) in [4.78, 5) is 10.9. The first-order valence-corrected chi connectivity index (χ1v) is 6.79. The predicted molar refractivity (Wildman–Crippen MR) is 78.3 cm³/mol. The van der Waals surface area contributed by atoms with Crippen LogP contribution in [0.3, 0.4) is 0 Å². The van der Waals surface area contributed by atoms with Crippen LogP contribution in [0.4, 0.5) is 0 Å². The maximum Gasteiger partial charge on any atom is 0.335 e. The van der Waals surface area contributed by atoms with Crippen LogP contribution in [0.25, 0.3) is 0 Å². The fraction of sp³-hybridized carbons (Fsp3) is 0.375. The smallest absolute Gasteiger partial charge is 0.335 e. The van der Waals surface area contributed by atoms with Gasteiger partial charge in [0.2, 0.25) is 0 Å². The summed E-state index contributed by atoms with van der Waals surface area (Å²) < 4.78 is 2.00. The minimum absolute atomic E-state index is 0.328. The summed E-state index contributed by atoms with van der Waals surface area (Å²) >= 11 is 0. The van der Waals surface area contributed by atoms with E-state index in [1.165, 1.54) is 11.3 Å². The van der Waals surface area contributed by atoms with Crippen LogP contribution in [-0.4, -0.2) is 20.9 Å². The van der Waals surface area contributed by atoms with Crippen molar-refractivity contribution in [2.45, 2.75) is 40.7 Å². The monoisotopic (exact) mass is 272 g/mol. The van der Waals surface area contributed by atoms with Crippen molar-refractivity contribution in [3.05, 3.63) is 51.8 Å². The van der Waals surface area contributed by atoms with Gasteiger partial charge in [0.1, 0.15) is 0 Å². The number of hydrogen-bond donors (Lipinski definition) is 1. The number of carboxylic acids is 1. The molecule has 0 bridgehead atoms. The van der Waals surface area contributed by atoms with E-state index in [-0.39, 0.29) is 0 Å². The summed E-state index contributed by atoms with van der Waals surface area (Å²) in [6.45, 7) is 8.86. The van der Waals surface area contributed by atoms with Crippen molar-refractivity contribution in [2.24, 2.45) is 0 Å². The van der Waals surface area contributed by atoms with Crippen LogP contribution in [-0.2, 0) is 13.0 Å². The molecule has 1 aromatic heterocycles. The number of rotatable bonds is 4. The van der Waals surface area contributed by atoms with Crippen molar-refractivity contribution < 1.29 is 9.90 Å². The van der Waals surface area contributed by atoms with Crippen LogP contribution in [0.5, 0.6) is 0 Å². The van der Waals surface area contributed by atoms with E-state index in [2.05, 4.69) is 18.9 Å². The number of carbonyl (C=O) groups is 1. The number of aromatic nitrogens is 2.